The number of aliphatic hydroxyl groups is 1. The van der Waals surface area contributed by atoms with Crippen molar-refractivity contribution >= 4 is 22.4 Å². The molecule has 0 radical (unpaired) electrons. The largest absolute Gasteiger partial charge is 0.414 e. The van der Waals surface area contributed by atoms with E-state index < -0.39 is 53.3 Å². The summed E-state index contributed by atoms with van der Waals surface area (Å²) in [6.45, 7) is 20.2. The Balaban J connectivity index is 1.44. The van der Waals surface area contributed by atoms with Crippen LogP contribution in [0.4, 0.5) is 0 Å². The average Bonchev–Trinajstić information content (AvgIpc) is 3.38. The van der Waals surface area contributed by atoms with Gasteiger partial charge in [0.15, 0.2) is 28.7 Å². The molecule has 0 saturated carbocycles. The summed E-state index contributed by atoms with van der Waals surface area (Å²) in [5.74, 6) is -0.758. The van der Waals surface area contributed by atoms with Gasteiger partial charge in [0.25, 0.3) is 0 Å². The van der Waals surface area contributed by atoms with E-state index in [2.05, 4.69) is 79.7 Å². The van der Waals surface area contributed by atoms with Crippen LogP contribution in [0.15, 0.2) is 91.0 Å². The standard InChI is InChI=1S/C56H88O10Si2/c1-9-67(10-2,11-3)65-50(34-24-26-36-60-52-35-25-27-37-61-52)43(7)48(57)38-49(58)55(66-68(12-4,13-5)14-6)54-44(8)53(62-40-46-30-20-16-21-31-46)56(63-41-47-32-22-17-23-33-47)51(64-54)42-59-39-45-28-18-15-19-29-45/h15-23,28-33,43-44,48,50-57H,9-14,24-27,34-42H2,1-8H3/t43-,44-,48+,50-,51-,52?,53-,54-,55-,56-/m1/s1. The van der Waals surface area contributed by atoms with E-state index >= 15 is 4.79 Å². The van der Waals surface area contributed by atoms with Crippen LogP contribution in [-0.4, -0.2) is 96.4 Å². The van der Waals surface area contributed by atoms with Crippen molar-refractivity contribution in [3.05, 3.63) is 108 Å². The highest BCUT2D eigenvalue weighted by Gasteiger charge is 2.52. The lowest BCUT2D eigenvalue weighted by atomic mass is 9.82. The second-order valence-electron chi connectivity index (χ2n) is 19.5. The van der Waals surface area contributed by atoms with Crippen LogP contribution in [-0.2, 0) is 61.9 Å². The van der Waals surface area contributed by atoms with Crippen molar-refractivity contribution in [2.45, 2.75) is 205 Å². The molecule has 12 heteroatoms. The fourth-order valence-corrected chi connectivity index (χ4v) is 15.8. The molecule has 2 heterocycles. The van der Waals surface area contributed by atoms with Gasteiger partial charge in [-0.05, 0) is 91.5 Å². The molecular formula is C56H88O10Si2. The number of benzene rings is 3. The minimum absolute atomic E-state index is 0.0698. The lowest BCUT2D eigenvalue weighted by Crippen LogP contribution is -2.62. The highest BCUT2D eigenvalue weighted by Crippen LogP contribution is 2.38. The molecule has 68 heavy (non-hydrogen) atoms. The third-order valence-corrected chi connectivity index (χ3v) is 24.5. The Bertz CT molecular complexity index is 1780. The van der Waals surface area contributed by atoms with Gasteiger partial charge in [0, 0.05) is 31.5 Å². The fraction of sp³-hybridized carbons (Fsp3) is 0.661. The van der Waals surface area contributed by atoms with E-state index in [9.17, 15) is 5.11 Å². The van der Waals surface area contributed by atoms with E-state index in [4.69, 9.17) is 37.3 Å². The molecule has 2 fully saturated rings. The van der Waals surface area contributed by atoms with Crippen molar-refractivity contribution < 1.29 is 47.2 Å². The maximum atomic E-state index is 15.3. The molecule has 1 N–H and O–H groups in total. The van der Waals surface area contributed by atoms with Gasteiger partial charge in [0.1, 0.15) is 18.3 Å². The summed E-state index contributed by atoms with van der Waals surface area (Å²) in [6, 6.07) is 36.0. The minimum atomic E-state index is -2.43. The molecule has 0 amide bonds. The zero-order valence-electron chi connectivity index (χ0n) is 43.0. The SMILES string of the molecule is CC[Si](CC)(CC)O[C@H](C(=O)C[C@H](O)[C@@H](C)[C@@H](CCCCOC1CCCCO1)O[Si](CC)(CC)CC)[C@@H]1O[C@H](COCc2ccccc2)[C@@H](OCc2ccccc2)[C@H](OCc2ccccc2)[C@H]1C. The number of hydrogen-bond acceptors (Lipinski definition) is 10. The monoisotopic (exact) mass is 977 g/mol. The Labute approximate surface area is 412 Å². The van der Waals surface area contributed by atoms with Gasteiger partial charge in [-0.2, -0.15) is 0 Å². The molecule has 10 nitrogen and oxygen atoms in total. The third-order valence-electron chi connectivity index (χ3n) is 15.2. The zero-order valence-corrected chi connectivity index (χ0v) is 45.0. The molecule has 3 aromatic carbocycles. The van der Waals surface area contributed by atoms with Crippen LogP contribution < -0.4 is 0 Å². The molecule has 0 aromatic heterocycles. The lowest BCUT2D eigenvalue weighted by molar-refractivity contribution is -0.254. The number of carbonyl (C=O) groups is 1. The lowest BCUT2D eigenvalue weighted by Gasteiger charge is -2.48. The van der Waals surface area contributed by atoms with E-state index in [1.165, 1.54) is 0 Å². The van der Waals surface area contributed by atoms with Crippen LogP contribution in [0, 0.1) is 11.8 Å². The number of rotatable bonds is 32. The maximum absolute atomic E-state index is 15.3. The molecule has 2 saturated heterocycles. The number of unbranched alkanes of at least 4 members (excludes halogenated alkanes) is 1. The first-order valence-corrected chi connectivity index (χ1v) is 31.5. The molecule has 2 aliphatic heterocycles. The summed E-state index contributed by atoms with van der Waals surface area (Å²) in [5, 5.41) is 12.3. The molecule has 10 atom stereocenters. The van der Waals surface area contributed by atoms with E-state index in [1.54, 1.807) is 0 Å². The van der Waals surface area contributed by atoms with Crippen molar-refractivity contribution in [2.75, 3.05) is 19.8 Å². The molecule has 3 aromatic rings. The summed E-state index contributed by atoms with van der Waals surface area (Å²) in [7, 11) is -4.50. The number of carbonyl (C=O) groups excluding carboxylic acids is 1. The first kappa shape index (κ1) is 56.3. The highest BCUT2D eigenvalue weighted by atomic mass is 28.4. The first-order chi connectivity index (χ1) is 33.0. The predicted octanol–water partition coefficient (Wildman–Crippen LogP) is 12.2. The number of aliphatic hydroxyl groups excluding tert-OH is 1. The van der Waals surface area contributed by atoms with Crippen LogP contribution in [0.2, 0.25) is 36.3 Å². The van der Waals surface area contributed by atoms with Crippen molar-refractivity contribution in [1.82, 2.24) is 0 Å². The third kappa shape index (κ3) is 16.8. The summed E-state index contributed by atoms with van der Waals surface area (Å²) in [4.78, 5) is 15.3. The number of ketones is 1. The van der Waals surface area contributed by atoms with Crippen molar-refractivity contribution in [3.8, 4) is 0 Å². The van der Waals surface area contributed by atoms with E-state index in [0.717, 1.165) is 98.1 Å². The van der Waals surface area contributed by atoms with Gasteiger partial charge in [-0.25, -0.2) is 0 Å². The minimum Gasteiger partial charge on any atom is -0.414 e. The van der Waals surface area contributed by atoms with Crippen molar-refractivity contribution in [2.24, 2.45) is 11.8 Å². The molecule has 2 aliphatic rings. The van der Waals surface area contributed by atoms with E-state index in [1.807, 2.05) is 66.7 Å². The molecular weight excluding hydrogens is 889 g/mol. The van der Waals surface area contributed by atoms with E-state index in [-0.39, 0.29) is 43.0 Å². The van der Waals surface area contributed by atoms with Crippen molar-refractivity contribution in [1.29, 1.82) is 0 Å². The number of Topliss-reactive ketones (excluding diaryl/α,β-unsaturated/α-hetero) is 1. The first-order valence-electron chi connectivity index (χ1n) is 26.4. The van der Waals surface area contributed by atoms with Gasteiger partial charge in [-0.15, -0.1) is 0 Å². The van der Waals surface area contributed by atoms with Crippen LogP contribution in [0.1, 0.15) is 117 Å². The Hall–Kier alpha value is -2.60. The summed E-state index contributed by atoms with van der Waals surface area (Å²) in [5.41, 5.74) is 3.14. The smallest absolute Gasteiger partial charge is 0.193 e. The molecule has 0 aliphatic carbocycles. The molecule has 380 valence electrons. The summed E-state index contributed by atoms with van der Waals surface area (Å²) in [6.07, 6.45) is 1.21. The number of hydrogen-bond donors (Lipinski definition) is 1. The predicted molar refractivity (Wildman–Crippen MR) is 276 cm³/mol. The second-order valence-corrected chi connectivity index (χ2v) is 28.9. The number of ether oxygens (including phenoxy) is 6. The quantitative estimate of drug-likeness (QED) is 0.0479. The van der Waals surface area contributed by atoms with Gasteiger partial charge in [-0.1, -0.05) is 146 Å². The maximum Gasteiger partial charge on any atom is 0.193 e. The van der Waals surface area contributed by atoms with Gasteiger partial charge in [0.2, 0.25) is 0 Å². The zero-order chi connectivity index (χ0) is 48.8. The molecule has 0 spiro atoms. The Morgan fingerprint density at radius 2 is 1.22 bits per heavy atom. The normalized spacial score (nSPS) is 23.2. The second kappa shape index (κ2) is 29.7. The fourth-order valence-electron chi connectivity index (χ4n) is 10.0. The highest BCUT2D eigenvalue weighted by molar-refractivity contribution is 6.74. The van der Waals surface area contributed by atoms with Crippen LogP contribution in [0.5, 0.6) is 0 Å². The average molecular weight is 977 g/mol. The summed E-state index contributed by atoms with van der Waals surface area (Å²) < 4.78 is 54.0. The van der Waals surface area contributed by atoms with Gasteiger partial charge in [-0.3, -0.25) is 4.79 Å². The van der Waals surface area contributed by atoms with Gasteiger partial charge >= 0.3 is 0 Å². The Morgan fingerprint density at radius 1 is 0.691 bits per heavy atom. The Kier molecular flexibility index (Phi) is 24.6. The molecule has 0 bridgehead atoms. The van der Waals surface area contributed by atoms with Crippen LogP contribution in [0.25, 0.3) is 0 Å². The summed E-state index contributed by atoms with van der Waals surface area (Å²) >= 11 is 0. The van der Waals surface area contributed by atoms with Gasteiger partial charge < -0.3 is 42.4 Å². The van der Waals surface area contributed by atoms with E-state index in [0.29, 0.717) is 26.4 Å². The molecule has 5 rings (SSSR count). The van der Waals surface area contributed by atoms with Crippen LogP contribution in [0.3, 0.4) is 0 Å². The van der Waals surface area contributed by atoms with Crippen LogP contribution >= 0.6 is 0 Å². The van der Waals surface area contributed by atoms with Gasteiger partial charge in [0.05, 0.1) is 50.8 Å². The topological polar surface area (TPSA) is 111 Å². The Morgan fingerprint density at radius 3 is 1.75 bits per heavy atom. The molecule has 1 unspecified atom stereocenters. The van der Waals surface area contributed by atoms with Crippen molar-refractivity contribution in [3.63, 3.8) is 0 Å².